The van der Waals surface area contributed by atoms with Gasteiger partial charge in [0.1, 0.15) is 0 Å². The second kappa shape index (κ2) is 6.26. The molecule has 1 heterocycles. The number of thioether (sulfide) groups is 1. The van der Waals surface area contributed by atoms with Crippen LogP contribution in [-0.4, -0.2) is 34.3 Å². The van der Waals surface area contributed by atoms with Crippen LogP contribution in [0.3, 0.4) is 0 Å². The smallest absolute Gasteiger partial charge is 0.315 e. The van der Waals surface area contributed by atoms with E-state index in [-0.39, 0.29) is 0 Å². The van der Waals surface area contributed by atoms with Crippen molar-refractivity contribution in [1.29, 1.82) is 0 Å². The van der Waals surface area contributed by atoms with Gasteiger partial charge in [0.15, 0.2) is 0 Å². The molecule has 96 valence electrons. The Morgan fingerprint density at radius 2 is 2.29 bits per heavy atom. The van der Waals surface area contributed by atoms with Crippen LogP contribution in [0.2, 0.25) is 0 Å². The van der Waals surface area contributed by atoms with Crippen molar-refractivity contribution in [1.82, 2.24) is 15.5 Å². The number of anilines is 1. The molecule has 1 aliphatic rings. The maximum absolute atomic E-state index is 5.54. The van der Waals surface area contributed by atoms with Crippen molar-refractivity contribution in [2.75, 3.05) is 17.3 Å². The Morgan fingerprint density at radius 1 is 1.47 bits per heavy atom. The molecule has 1 aromatic rings. The molecule has 1 atom stereocenters. The number of rotatable bonds is 8. The lowest BCUT2D eigenvalue weighted by Gasteiger charge is -2.12. The number of nitrogens with one attached hydrogen (secondary N) is 2. The minimum Gasteiger partial charge on any atom is -0.407 e. The molecule has 5 nitrogen and oxygen atoms in total. The summed E-state index contributed by atoms with van der Waals surface area (Å²) in [5.74, 6) is 1.72. The number of nitrogens with zero attached hydrogens (tertiary/aromatic N) is 2. The van der Waals surface area contributed by atoms with E-state index >= 15 is 0 Å². The lowest BCUT2D eigenvalue weighted by Crippen LogP contribution is -2.21. The summed E-state index contributed by atoms with van der Waals surface area (Å²) >= 11 is 1.82. The van der Waals surface area contributed by atoms with Gasteiger partial charge in [0.2, 0.25) is 5.89 Å². The van der Waals surface area contributed by atoms with Crippen molar-refractivity contribution >= 4 is 17.8 Å². The highest BCUT2D eigenvalue weighted by Gasteiger charge is 2.21. The molecule has 0 aromatic carbocycles. The molecule has 0 bridgehead atoms. The predicted molar refractivity (Wildman–Crippen MR) is 70.2 cm³/mol. The van der Waals surface area contributed by atoms with Gasteiger partial charge >= 0.3 is 6.01 Å². The number of hydrogen-bond donors (Lipinski definition) is 2. The average molecular weight is 256 g/mol. The van der Waals surface area contributed by atoms with Gasteiger partial charge in [-0.15, -0.1) is 5.10 Å². The van der Waals surface area contributed by atoms with Crippen molar-refractivity contribution in [2.24, 2.45) is 0 Å². The molecule has 2 rings (SSSR count). The third-order valence-corrected chi connectivity index (χ3v) is 3.51. The Kier molecular flexibility index (Phi) is 4.67. The standard InChI is InChI=1S/C11H20N4OS/c1-3-8(7-17-2)13-11-15-14-10(16-11)6-12-9-4-5-9/h8-9,12H,3-7H2,1-2H3,(H,13,15). The van der Waals surface area contributed by atoms with Gasteiger partial charge in [-0.2, -0.15) is 11.8 Å². The molecule has 1 fully saturated rings. The van der Waals surface area contributed by atoms with Crippen molar-refractivity contribution in [2.45, 2.75) is 44.8 Å². The fourth-order valence-electron chi connectivity index (χ4n) is 1.54. The highest BCUT2D eigenvalue weighted by molar-refractivity contribution is 7.98. The summed E-state index contributed by atoms with van der Waals surface area (Å²) in [4.78, 5) is 0. The summed E-state index contributed by atoms with van der Waals surface area (Å²) in [5.41, 5.74) is 0. The third kappa shape index (κ3) is 4.20. The van der Waals surface area contributed by atoms with Crippen LogP contribution in [0.15, 0.2) is 4.42 Å². The van der Waals surface area contributed by atoms with Crippen LogP contribution in [0, 0.1) is 0 Å². The molecular weight excluding hydrogens is 236 g/mol. The van der Waals surface area contributed by atoms with Crippen LogP contribution in [0.25, 0.3) is 0 Å². The second-order valence-electron chi connectivity index (χ2n) is 4.36. The normalized spacial score (nSPS) is 17.1. The fourth-order valence-corrected chi connectivity index (χ4v) is 2.26. The molecule has 17 heavy (non-hydrogen) atoms. The second-order valence-corrected chi connectivity index (χ2v) is 5.27. The van der Waals surface area contributed by atoms with E-state index < -0.39 is 0 Å². The van der Waals surface area contributed by atoms with E-state index in [1.54, 1.807) is 0 Å². The summed E-state index contributed by atoms with van der Waals surface area (Å²) in [5, 5.41) is 14.6. The van der Waals surface area contributed by atoms with Crippen molar-refractivity contribution in [3.63, 3.8) is 0 Å². The van der Waals surface area contributed by atoms with Crippen molar-refractivity contribution in [3.8, 4) is 0 Å². The van der Waals surface area contributed by atoms with Gasteiger partial charge in [-0.3, -0.25) is 0 Å². The molecule has 0 amide bonds. The number of hydrogen-bond acceptors (Lipinski definition) is 6. The van der Waals surface area contributed by atoms with Crippen LogP contribution >= 0.6 is 11.8 Å². The molecule has 1 saturated carbocycles. The van der Waals surface area contributed by atoms with Gasteiger partial charge in [0.25, 0.3) is 0 Å². The Balaban J connectivity index is 1.79. The highest BCUT2D eigenvalue weighted by Crippen LogP contribution is 2.19. The van der Waals surface area contributed by atoms with Gasteiger partial charge in [0, 0.05) is 17.8 Å². The molecule has 1 aliphatic carbocycles. The Morgan fingerprint density at radius 3 is 2.94 bits per heavy atom. The molecule has 0 radical (unpaired) electrons. The largest absolute Gasteiger partial charge is 0.407 e. The van der Waals surface area contributed by atoms with E-state index in [4.69, 9.17) is 4.42 Å². The van der Waals surface area contributed by atoms with E-state index in [2.05, 4.69) is 34.0 Å². The first-order valence-electron chi connectivity index (χ1n) is 6.13. The molecular formula is C11H20N4OS. The average Bonchev–Trinajstić information content (AvgIpc) is 3.06. The zero-order chi connectivity index (χ0) is 12.1. The van der Waals surface area contributed by atoms with E-state index in [0.29, 0.717) is 30.5 Å². The molecule has 0 saturated heterocycles. The number of aromatic nitrogens is 2. The van der Waals surface area contributed by atoms with Crippen LogP contribution in [0.1, 0.15) is 32.1 Å². The van der Waals surface area contributed by atoms with Crippen LogP contribution in [-0.2, 0) is 6.54 Å². The summed E-state index contributed by atoms with van der Waals surface area (Å²) in [6, 6.07) is 1.60. The molecule has 2 N–H and O–H groups in total. The summed E-state index contributed by atoms with van der Waals surface area (Å²) < 4.78 is 5.54. The lowest BCUT2D eigenvalue weighted by molar-refractivity contribution is 0.472. The first-order valence-corrected chi connectivity index (χ1v) is 7.52. The minimum absolute atomic E-state index is 0.398. The van der Waals surface area contributed by atoms with E-state index in [1.165, 1.54) is 12.8 Å². The van der Waals surface area contributed by atoms with Crippen LogP contribution in [0.4, 0.5) is 6.01 Å². The maximum atomic E-state index is 5.54. The zero-order valence-corrected chi connectivity index (χ0v) is 11.2. The fraction of sp³-hybridized carbons (Fsp3) is 0.818. The summed E-state index contributed by atoms with van der Waals surface area (Å²) in [6.07, 6.45) is 5.69. The first kappa shape index (κ1) is 12.7. The van der Waals surface area contributed by atoms with Gasteiger partial charge in [-0.05, 0) is 25.5 Å². The molecule has 1 unspecified atom stereocenters. The minimum atomic E-state index is 0.398. The Hall–Kier alpha value is -0.750. The van der Waals surface area contributed by atoms with E-state index in [9.17, 15) is 0 Å². The van der Waals surface area contributed by atoms with Crippen molar-refractivity contribution in [3.05, 3.63) is 5.89 Å². The predicted octanol–water partition coefficient (Wildman–Crippen LogP) is 1.88. The maximum Gasteiger partial charge on any atom is 0.315 e. The lowest BCUT2D eigenvalue weighted by atomic mass is 10.3. The van der Waals surface area contributed by atoms with Gasteiger partial charge in [-0.1, -0.05) is 12.0 Å². The molecule has 1 aromatic heterocycles. The van der Waals surface area contributed by atoms with Crippen LogP contribution < -0.4 is 10.6 Å². The quantitative estimate of drug-likeness (QED) is 0.740. The molecule has 0 spiro atoms. The Bertz CT molecular complexity index is 340. The Labute approximate surface area is 106 Å². The SMILES string of the molecule is CCC(CSC)Nc1nnc(CNC2CC2)o1. The van der Waals surface area contributed by atoms with Crippen molar-refractivity contribution < 1.29 is 4.42 Å². The summed E-state index contributed by atoms with van der Waals surface area (Å²) in [7, 11) is 0. The first-order chi connectivity index (χ1) is 8.31. The summed E-state index contributed by atoms with van der Waals surface area (Å²) in [6.45, 7) is 2.83. The topological polar surface area (TPSA) is 63.0 Å². The third-order valence-electron chi connectivity index (χ3n) is 2.77. The van der Waals surface area contributed by atoms with Gasteiger partial charge < -0.3 is 15.1 Å². The monoisotopic (exact) mass is 256 g/mol. The molecule has 0 aliphatic heterocycles. The van der Waals surface area contributed by atoms with E-state index in [1.807, 2.05) is 11.8 Å². The van der Waals surface area contributed by atoms with E-state index in [0.717, 1.165) is 12.2 Å². The van der Waals surface area contributed by atoms with Crippen LogP contribution in [0.5, 0.6) is 0 Å². The zero-order valence-electron chi connectivity index (χ0n) is 10.4. The molecule has 6 heteroatoms. The van der Waals surface area contributed by atoms with Gasteiger partial charge in [0.05, 0.1) is 6.54 Å². The van der Waals surface area contributed by atoms with Gasteiger partial charge in [-0.25, -0.2) is 0 Å². The highest BCUT2D eigenvalue weighted by atomic mass is 32.2.